The molecular weight excluding hydrogens is 366 g/mol. The minimum atomic E-state index is -0.514. The van der Waals surface area contributed by atoms with Crippen molar-refractivity contribution in [3.63, 3.8) is 0 Å². The van der Waals surface area contributed by atoms with E-state index in [1.165, 1.54) is 28.9 Å². The zero-order valence-corrected chi connectivity index (χ0v) is 16.7. The standard InChI is InChI=1S/C22H27N5O2/c1-26-8-7-19-17(3-2-4-20(19)26)12-23-11-16-5-9-27(10-6-16)22-24-13-18(14-25-22)21(29)15-28/h2-4,7-8,13-14,16,23,28H,5-6,9-12,15H2,1H3. The van der Waals surface area contributed by atoms with E-state index in [0.29, 0.717) is 17.4 Å². The molecule has 0 atom stereocenters. The van der Waals surface area contributed by atoms with Crippen LogP contribution in [0.5, 0.6) is 0 Å². The van der Waals surface area contributed by atoms with E-state index in [-0.39, 0.29) is 5.78 Å². The Morgan fingerprint density at radius 1 is 1.21 bits per heavy atom. The highest BCUT2D eigenvalue weighted by atomic mass is 16.3. The highest BCUT2D eigenvalue weighted by molar-refractivity contribution is 5.96. The number of nitrogens with one attached hydrogen (secondary N) is 1. The summed E-state index contributed by atoms with van der Waals surface area (Å²) in [5.41, 5.74) is 2.96. The van der Waals surface area contributed by atoms with Crippen LogP contribution >= 0.6 is 0 Å². The van der Waals surface area contributed by atoms with Crippen LogP contribution in [0.25, 0.3) is 10.9 Å². The zero-order valence-electron chi connectivity index (χ0n) is 16.7. The number of benzene rings is 1. The van der Waals surface area contributed by atoms with Crippen LogP contribution in [0.15, 0.2) is 42.9 Å². The van der Waals surface area contributed by atoms with Crippen molar-refractivity contribution >= 4 is 22.6 Å². The fourth-order valence-corrected chi connectivity index (χ4v) is 3.99. The molecule has 152 valence electrons. The second-order valence-electron chi connectivity index (χ2n) is 7.69. The number of carbonyl (C=O) groups is 1. The van der Waals surface area contributed by atoms with E-state index >= 15 is 0 Å². The van der Waals surface area contributed by atoms with Crippen LogP contribution in [-0.2, 0) is 13.6 Å². The summed E-state index contributed by atoms with van der Waals surface area (Å²) < 4.78 is 2.16. The third-order valence-electron chi connectivity index (χ3n) is 5.77. The van der Waals surface area contributed by atoms with Gasteiger partial charge in [0.25, 0.3) is 0 Å². The van der Waals surface area contributed by atoms with Crippen molar-refractivity contribution in [3.05, 3.63) is 54.0 Å². The summed E-state index contributed by atoms with van der Waals surface area (Å²) in [6.07, 6.45) is 7.28. The molecule has 7 heteroatoms. The predicted octanol–water partition coefficient (Wildman–Crippen LogP) is 2.15. The summed E-state index contributed by atoms with van der Waals surface area (Å²) in [6, 6.07) is 8.66. The van der Waals surface area contributed by atoms with Crippen LogP contribution in [0.3, 0.4) is 0 Å². The number of aryl methyl sites for hydroxylation is 1. The Bertz CT molecular complexity index is 975. The molecule has 1 aliphatic rings. The summed E-state index contributed by atoms with van der Waals surface area (Å²) in [4.78, 5) is 22.2. The monoisotopic (exact) mass is 393 g/mol. The normalized spacial score (nSPS) is 15.2. The molecule has 2 aromatic heterocycles. The summed E-state index contributed by atoms with van der Waals surface area (Å²) in [6.45, 7) is 3.19. The molecule has 0 saturated carbocycles. The minimum Gasteiger partial charge on any atom is -0.388 e. The van der Waals surface area contributed by atoms with Gasteiger partial charge in [-0.2, -0.15) is 0 Å². The highest BCUT2D eigenvalue weighted by Gasteiger charge is 2.21. The molecule has 2 N–H and O–H groups in total. The van der Waals surface area contributed by atoms with Crippen molar-refractivity contribution < 1.29 is 9.90 Å². The van der Waals surface area contributed by atoms with Gasteiger partial charge in [0.2, 0.25) is 5.95 Å². The molecule has 1 aliphatic heterocycles. The molecule has 1 fully saturated rings. The van der Waals surface area contributed by atoms with Crippen molar-refractivity contribution in [1.82, 2.24) is 19.9 Å². The lowest BCUT2D eigenvalue weighted by Gasteiger charge is -2.32. The van der Waals surface area contributed by atoms with E-state index in [4.69, 9.17) is 5.11 Å². The fourth-order valence-electron chi connectivity index (χ4n) is 3.99. The molecule has 1 aromatic carbocycles. The van der Waals surface area contributed by atoms with Crippen LogP contribution in [0, 0.1) is 5.92 Å². The number of rotatable bonds is 7. The summed E-state index contributed by atoms with van der Waals surface area (Å²) in [7, 11) is 2.08. The van der Waals surface area contributed by atoms with E-state index in [9.17, 15) is 4.79 Å². The van der Waals surface area contributed by atoms with Crippen molar-refractivity contribution in [2.24, 2.45) is 13.0 Å². The number of hydrogen-bond donors (Lipinski definition) is 2. The average Bonchev–Trinajstić information content (AvgIpc) is 3.15. The number of nitrogens with zero attached hydrogens (tertiary/aromatic N) is 4. The number of carbonyl (C=O) groups excluding carboxylic acids is 1. The van der Waals surface area contributed by atoms with Crippen molar-refractivity contribution in [2.45, 2.75) is 19.4 Å². The molecule has 3 heterocycles. The van der Waals surface area contributed by atoms with Crippen LogP contribution in [0.4, 0.5) is 5.95 Å². The van der Waals surface area contributed by atoms with Gasteiger partial charge in [0.05, 0.1) is 5.56 Å². The molecule has 0 amide bonds. The van der Waals surface area contributed by atoms with Crippen molar-refractivity contribution in [1.29, 1.82) is 0 Å². The Kier molecular flexibility index (Phi) is 5.87. The number of fused-ring (bicyclic) bond motifs is 1. The highest BCUT2D eigenvalue weighted by Crippen LogP contribution is 2.22. The van der Waals surface area contributed by atoms with Gasteiger partial charge in [0.15, 0.2) is 5.78 Å². The second-order valence-corrected chi connectivity index (χ2v) is 7.69. The van der Waals surface area contributed by atoms with E-state index in [2.05, 4.69) is 62.3 Å². The Morgan fingerprint density at radius 3 is 2.69 bits per heavy atom. The first kappa shape index (κ1) is 19.5. The van der Waals surface area contributed by atoms with Crippen LogP contribution < -0.4 is 10.2 Å². The summed E-state index contributed by atoms with van der Waals surface area (Å²) in [5, 5.41) is 13.9. The number of piperidine rings is 1. The molecule has 4 rings (SSSR count). The van der Waals surface area contributed by atoms with Crippen LogP contribution in [0.1, 0.15) is 28.8 Å². The van der Waals surface area contributed by atoms with Gasteiger partial charge in [0.1, 0.15) is 6.61 Å². The molecule has 1 saturated heterocycles. The Labute approximate surface area is 170 Å². The second kappa shape index (κ2) is 8.71. The first-order valence-electron chi connectivity index (χ1n) is 10.1. The first-order chi connectivity index (χ1) is 14.2. The largest absolute Gasteiger partial charge is 0.388 e. The van der Waals surface area contributed by atoms with Gasteiger partial charge < -0.3 is 19.9 Å². The van der Waals surface area contributed by atoms with Crippen molar-refractivity contribution in [3.8, 4) is 0 Å². The number of aliphatic hydroxyl groups is 1. The lowest BCUT2D eigenvalue weighted by atomic mass is 9.97. The topological polar surface area (TPSA) is 83.3 Å². The minimum absolute atomic E-state index is 0.351. The molecule has 0 bridgehead atoms. The predicted molar refractivity (Wildman–Crippen MR) is 113 cm³/mol. The molecule has 0 spiro atoms. The quantitative estimate of drug-likeness (QED) is 0.599. The number of anilines is 1. The van der Waals surface area contributed by atoms with Gasteiger partial charge in [-0.15, -0.1) is 0 Å². The maximum Gasteiger partial charge on any atom is 0.225 e. The number of aliphatic hydroxyl groups excluding tert-OH is 1. The third-order valence-corrected chi connectivity index (χ3v) is 5.77. The number of Topliss-reactive ketones (excluding diaryl/α,β-unsaturated/α-hetero) is 1. The molecule has 7 nitrogen and oxygen atoms in total. The molecule has 0 aliphatic carbocycles. The molecular formula is C22H27N5O2. The first-order valence-corrected chi connectivity index (χ1v) is 10.1. The lowest BCUT2D eigenvalue weighted by molar-refractivity contribution is 0.0903. The third kappa shape index (κ3) is 4.31. The zero-order chi connectivity index (χ0) is 20.2. The maximum atomic E-state index is 11.5. The Hall–Kier alpha value is -2.77. The summed E-state index contributed by atoms with van der Waals surface area (Å²) in [5.74, 6) is 0.936. The van der Waals surface area contributed by atoms with Gasteiger partial charge in [-0.25, -0.2) is 9.97 Å². The van der Waals surface area contributed by atoms with Gasteiger partial charge >= 0.3 is 0 Å². The van der Waals surface area contributed by atoms with Gasteiger partial charge in [-0.1, -0.05) is 12.1 Å². The fraction of sp³-hybridized carbons (Fsp3) is 0.409. The van der Waals surface area contributed by atoms with E-state index in [1.807, 2.05) is 0 Å². The average molecular weight is 393 g/mol. The molecule has 0 unspecified atom stereocenters. The Balaban J connectivity index is 1.26. The number of ketones is 1. The van der Waals surface area contributed by atoms with Crippen LogP contribution in [0.2, 0.25) is 0 Å². The van der Waals surface area contributed by atoms with E-state index < -0.39 is 6.61 Å². The van der Waals surface area contributed by atoms with Gasteiger partial charge in [-0.3, -0.25) is 4.79 Å². The molecule has 0 radical (unpaired) electrons. The summed E-state index contributed by atoms with van der Waals surface area (Å²) >= 11 is 0. The van der Waals surface area contributed by atoms with E-state index in [0.717, 1.165) is 39.0 Å². The SMILES string of the molecule is Cn1ccc2c(CNCC3CCN(c4ncc(C(=O)CO)cn4)CC3)cccc21. The van der Waals surface area contributed by atoms with Gasteiger partial charge in [-0.05, 0) is 43.0 Å². The number of hydrogen-bond acceptors (Lipinski definition) is 6. The Morgan fingerprint density at radius 2 is 1.97 bits per heavy atom. The smallest absolute Gasteiger partial charge is 0.225 e. The molecule has 29 heavy (non-hydrogen) atoms. The maximum absolute atomic E-state index is 11.5. The lowest BCUT2D eigenvalue weighted by Crippen LogP contribution is -2.38. The molecule has 3 aromatic rings. The number of aromatic nitrogens is 3. The van der Waals surface area contributed by atoms with Gasteiger partial charge in [0, 0.05) is 56.2 Å². The van der Waals surface area contributed by atoms with E-state index in [1.54, 1.807) is 0 Å². The van der Waals surface area contributed by atoms with Crippen LogP contribution in [-0.4, -0.2) is 51.7 Å². The van der Waals surface area contributed by atoms with Crippen molar-refractivity contribution in [2.75, 3.05) is 31.1 Å².